The molecule has 18 heavy (non-hydrogen) atoms. The van der Waals surface area contributed by atoms with E-state index < -0.39 is 0 Å². The molecule has 0 unspecified atom stereocenters. The molecule has 0 aliphatic carbocycles. The van der Waals surface area contributed by atoms with Gasteiger partial charge in [0.2, 0.25) is 0 Å². The highest BCUT2D eigenvalue weighted by atomic mass is 35.5. The number of benzene rings is 1. The third kappa shape index (κ3) is 5.19. The van der Waals surface area contributed by atoms with Crippen molar-refractivity contribution >= 4 is 17.7 Å². The largest absolute Gasteiger partial charge is 0.308 e. The van der Waals surface area contributed by atoms with Crippen molar-refractivity contribution in [2.24, 2.45) is 0 Å². The fraction of sp³-hybridized carbons (Fsp3) is 0.467. The second-order valence-electron chi connectivity index (χ2n) is 5.43. The number of nitrogens with one attached hydrogen (secondary N) is 1. The second-order valence-corrected chi connectivity index (χ2v) is 5.86. The molecule has 0 aliphatic rings. The third-order valence-corrected chi connectivity index (χ3v) is 2.85. The second kappa shape index (κ2) is 6.35. The van der Waals surface area contributed by atoms with Crippen LogP contribution in [-0.4, -0.2) is 12.1 Å². The Morgan fingerprint density at radius 3 is 2.61 bits per heavy atom. The molecule has 0 fully saturated rings. The lowest BCUT2D eigenvalue weighted by Crippen LogP contribution is -2.36. The molecule has 1 aromatic carbocycles. The summed E-state index contributed by atoms with van der Waals surface area (Å²) in [6.45, 7) is 9.16. The van der Waals surface area contributed by atoms with Gasteiger partial charge in [0.15, 0.2) is 0 Å². The lowest BCUT2D eigenvalue weighted by atomic mass is 10.1. The molecule has 100 valence electrons. The molecule has 0 radical (unpaired) electrons. The molecule has 1 aromatic rings. The van der Waals surface area contributed by atoms with E-state index in [1.165, 1.54) is 6.07 Å². The van der Waals surface area contributed by atoms with E-state index in [1.54, 1.807) is 12.1 Å². The fourth-order valence-corrected chi connectivity index (χ4v) is 1.68. The van der Waals surface area contributed by atoms with Gasteiger partial charge in [0.05, 0.1) is 0 Å². The number of hydrogen-bond acceptors (Lipinski definition) is 1. The first kappa shape index (κ1) is 15.2. The summed E-state index contributed by atoms with van der Waals surface area (Å²) in [5, 5.41) is 3.96. The van der Waals surface area contributed by atoms with Gasteiger partial charge in [-0.25, -0.2) is 4.39 Å². The Bertz CT molecular complexity index is 433. The van der Waals surface area contributed by atoms with Gasteiger partial charge in [-0.05, 0) is 45.4 Å². The molecule has 1 rings (SSSR count). The summed E-state index contributed by atoms with van der Waals surface area (Å²) in [6, 6.07) is 4.62. The maximum atomic E-state index is 13.6. The third-order valence-electron chi connectivity index (χ3n) is 2.62. The standard InChI is InChI=1S/C15H21ClFN/c1-5-11(10-18-15(2,3)4)8-12-9-13(16)6-7-14(12)17/h6-9,18H,5,10H2,1-4H3/b11-8-. The van der Waals surface area contributed by atoms with Crippen LogP contribution in [0.5, 0.6) is 0 Å². The number of halogens is 2. The Morgan fingerprint density at radius 1 is 1.39 bits per heavy atom. The smallest absolute Gasteiger partial charge is 0.130 e. The zero-order valence-corrected chi connectivity index (χ0v) is 12.2. The summed E-state index contributed by atoms with van der Waals surface area (Å²) < 4.78 is 13.6. The minimum Gasteiger partial charge on any atom is -0.308 e. The Morgan fingerprint density at radius 2 is 2.06 bits per heavy atom. The molecule has 0 aliphatic heterocycles. The van der Waals surface area contributed by atoms with E-state index in [0.29, 0.717) is 10.6 Å². The first-order chi connectivity index (χ1) is 8.31. The quantitative estimate of drug-likeness (QED) is 0.838. The van der Waals surface area contributed by atoms with Crippen LogP contribution in [0.2, 0.25) is 5.02 Å². The molecule has 3 heteroatoms. The molecule has 0 spiro atoms. The van der Waals surface area contributed by atoms with Crippen molar-refractivity contribution in [3.63, 3.8) is 0 Å². The predicted molar refractivity (Wildman–Crippen MR) is 77.4 cm³/mol. The minimum atomic E-state index is -0.235. The lowest BCUT2D eigenvalue weighted by molar-refractivity contribution is 0.443. The van der Waals surface area contributed by atoms with Crippen LogP contribution in [0.15, 0.2) is 23.8 Å². The van der Waals surface area contributed by atoms with Crippen molar-refractivity contribution < 1.29 is 4.39 Å². The van der Waals surface area contributed by atoms with Crippen molar-refractivity contribution in [3.05, 3.63) is 40.2 Å². The van der Waals surface area contributed by atoms with Crippen LogP contribution in [0.1, 0.15) is 39.7 Å². The van der Waals surface area contributed by atoms with Gasteiger partial charge in [-0.1, -0.05) is 30.2 Å². The molecular weight excluding hydrogens is 249 g/mol. The van der Waals surface area contributed by atoms with E-state index in [4.69, 9.17) is 11.6 Å². The molecule has 0 amide bonds. The van der Waals surface area contributed by atoms with Gasteiger partial charge in [0.1, 0.15) is 5.82 Å². The first-order valence-corrected chi connectivity index (χ1v) is 6.59. The van der Waals surface area contributed by atoms with Crippen LogP contribution in [0.25, 0.3) is 6.08 Å². The summed E-state index contributed by atoms with van der Waals surface area (Å²) in [5.41, 5.74) is 1.77. The van der Waals surface area contributed by atoms with Crippen LogP contribution < -0.4 is 5.32 Å². The van der Waals surface area contributed by atoms with Crippen molar-refractivity contribution in [1.29, 1.82) is 0 Å². The molecule has 0 saturated carbocycles. The fourth-order valence-electron chi connectivity index (χ4n) is 1.50. The number of rotatable bonds is 4. The zero-order chi connectivity index (χ0) is 13.8. The SMILES string of the molecule is CC/C(=C/c1cc(Cl)ccc1F)CNC(C)(C)C. The van der Waals surface area contributed by atoms with E-state index >= 15 is 0 Å². The molecule has 0 aromatic heterocycles. The molecular formula is C15H21ClFN. The topological polar surface area (TPSA) is 12.0 Å². The van der Waals surface area contributed by atoms with E-state index in [9.17, 15) is 4.39 Å². The van der Waals surface area contributed by atoms with Crippen LogP contribution in [0.4, 0.5) is 4.39 Å². The summed E-state index contributed by atoms with van der Waals surface area (Å²) in [4.78, 5) is 0. The average Bonchev–Trinajstić information content (AvgIpc) is 2.27. The Hall–Kier alpha value is -0.860. The monoisotopic (exact) mass is 269 g/mol. The van der Waals surface area contributed by atoms with Crippen molar-refractivity contribution in [2.45, 2.75) is 39.7 Å². The summed E-state index contributed by atoms with van der Waals surface area (Å²) in [5.74, 6) is -0.235. The summed E-state index contributed by atoms with van der Waals surface area (Å²) in [6.07, 6.45) is 2.76. The molecule has 1 N–H and O–H groups in total. The molecule has 0 saturated heterocycles. The van der Waals surface area contributed by atoms with E-state index in [0.717, 1.165) is 18.5 Å². The Labute approximate surface area is 114 Å². The summed E-state index contributed by atoms with van der Waals surface area (Å²) >= 11 is 5.88. The van der Waals surface area contributed by atoms with Crippen LogP contribution in [-0.2, 0) is 0 Å². The van der Waals surface area contributed by atoms with Crippen LogP contribution in [0, 0.1) is 5.82 Å². The maximum absolute atomic E-state index is 13.6. The minimum absolute atomic E-state index is 0.0567. The normalized spacial score (nSPS) is 12.9. The molecule has 0 atom stereocenters. The van der Waals surface area contributed by atoms with E-state index in [2.05, 4.69) is 33.0 Å². The van der Waals surface area contributed by atoms with Gasteiger partial charge in [0.25, 0.3) is 0 Å². The van der Waals surface area contributed by atoms with Crippen LogP contribution >= 0.6 is 11.6 Å². The van der Waals surface area contributed by atoms with Crippen molar-refractivity contribution in [2.75, 3.05) is 6.54 Å². The van der Waals surface area contributed by atoms with Gasteiger partial charge >= 0.3 is 0 Å². The molecule has 0 bridgehead atoms. The maximum Gasteiger partial charge on any atom is 0.130 e. The highest BCUT2D eigenvalue weighted by molar-refractivity contribution is 6.30. The zero-order valence-electron chi connectivity index (χ0n) is 11.5. The van der Waals surface area contributed by atoms with E-state index in [-0.39, 0.29) is 11.4 Å². The highest BCUT2D eigenvalue weighted by Crippen LogP contribution is 2.18. The first-order valence-electron chi connectivity index (χ1n) is 6.21. The van der Waals surface area contributed by atoms with Gasteiger partial charge in [-0.2, -0.15) is 0 Å². The molecule has 1 nitrogen and oxygen atoms in total. The Balaban J connectivity index is 2.87. The average molecular weight is 270 g/mol. The molecule has 0 heterocycles. The highest BCUT2D eigenvalue weighted by Gasteiger charge is 2.09. The van der Waals surface area contributed by atoms with Crippen molar-refractivity contribution in [1.82, 2.24) is 5.32 Å². The summed E-state index contributed by atoms with van der Waals surface area (Å²) in [7, 11) is 0. The van der Waals surface area contributed by atoms with Gasteiger partial charge in [-0.3, -0.25) is 0 Å². The van der Waals surface area contributed by atoms with Crippen LogP contribution in [0.3, 0.4) is 0 Å². The van der Waals surface area contributed by atoms with Gasteiger partial charge in [0, 0.05) is 22.7 Å². The van der Waals surface area contributed by atoms with E-state index in [1.807, 2.05) is 6.08 Å². The van der Waals surface area contributed by atoms with Gasteiger partial charge in [-0.15, -0.1) is 0 Å². The lowest BCUT2D eigenvalue weighted by Gasteiger charge is -2.21. The Kier molecular flexibility index (Phi) is 5.36. The number of hydrogen-bond donors (Lipinski definition) is 1. The van der Waals surface area contributed by atoms with Crippen molar-refractivity contribution in [3.8, 4) is 0 Å². The van der Waals surface area contributed by atoms with Gasteiger partial charge < -0.3 is 5.32 Å². The predicted octanol–water partition coefficient (Wildman–Crippen LogP) is 4.66.